The molecule has 7 nitrogen and oxygen atoms in total. The third-order valence-electron chi connectivity index (χ3n) is 5.14. The fourth-order valence-corrected chi connectivity index (χ4v) is 3.39. The van der Waals surface area contributed by atoms with Gasteiger partial charge in [-0.25, -0.2) is 9.59 Å². The zero-order valence-corrected chi connectivity index (χ0v) is 16.3. The van der Waals surface area contributed by atoms with E-state index in [1.54, 1.807) is 43.5 Å². The molecule has 1 heterocycles. The fourth-order valence-electron chi connectivity index (χ4n) is 3.39. The molecule has 0 aromatic heterocycles. The van der Waals surface area contributed by atoms with Gasteiger partial charge in [0, 0.05) is 24.5 Å². The van der Waals surface area contributed by atoms with E-state index in [-0.39, 0.29) is 11.7 Å². The fraction of sp³-hybridized carbons (Fsp3) is 0.409. The molecule has 2 aliphatic rings. The number of ether oxygens (including phenoxy) is 3. The van der Waals surface area contributed by atoms with Crippen molar-refractivity contribution in [3.8, 4) is 5.75 Å². The maximum absolute atomic E-state index is 12.5. The quantitative estimate of drug-likeness (QED) is 0.527. The lowest BCUT2D eigenvalue weighted by atomic mass is 10.0. The van der Waals surface area contributed by atoms with E-state index in [4.69, 9.17) is 14.2 Å². The molecule has 5 atom stereocenters. The van der Waals surface area contributed by atoms with Crippen molar-refractivity contribution < 1.29 is 33.7 Å². The van der Waals surface area contributed by atoms with Gasteiger partial charge in [-0.1, -0.05) is 18.2 Å². The van der Waals surface area contributed by atoms with Crippen molar-refractivity contribution in [2.24, 2.45) is 11.8 Å². The van der Waals surface area contributed by atoms with Crippen LogP contribution in [0.1, 0.15) is 25.3 Å². The lowest BCUT2D eigenvalue weighted by Crippen LogP contribution is -2.35. The van der Waals surface area contributed by atoms with Crippen molar-refractivity contribution in [1.29, 1.82) is 0 Å². The Kier molecular flexibility index (Phi) is 6.49. The van der Waals surface area contributed by atoms with Crippen LogP contribution in [0.15, 0.2) is 42.5 Å². The molecule has 0 amide bonds. The molecule has 0 bridgehead atoms. The Balaban J connectivity index is 1.47. The van der Waals surface area contributed by atoms with Gasteiger partial charge in [0.1, 0.15) is 11.9 Å². The van der Waals surface area contributed by atoms with Gasteiger partial charge in [-0.2, -0.15) is 0 Å². The van der Waals surface area contributed by atoms with Gasteiger partial charge in [0.2, 0.25) is 0 Å². The van der Waals surface area contributed by atoms with E-state index >= 15 is 0 Å². The van der Waals surface area contributed by atoms with Crippen LogP contribution in [0.25, 0.3) is 6.08 Å². The van der Waals surface area contributed by atoms with Gasteiger partial charge in [-0.3, -0.25) is 4.79 Å². The van der Waals surface area contributed by atoms with Crippen molar-refractivity contribution in [3.05, 3.63) is 48.1 Å². The molecule has 1 unspecified atom stereocenters. The minimum Gasteiger partial charge on any atom is -0.497 e. The lowest BCUT2D eigenvalue weighted by molar-refractivity contribution is -0.152. The summed E-state index contributed by atoms with van der Waals surface area (Å²) in [6, 6.07) is 7.13. The third-order valence-corrected chi connectivity index (χ3v) is 5.14. The average Bonchev–Trinajstić information content (AvgIpc) is 3.52. The van der Waals surface area contributed by atoms with E-state index in [0.717, 1.165) is 5.56 Å². The van der Waals surface area contributed by atoms with Crippen LogP contribution >= 0.6 is 0 Å². The molecule has 1 aromatic rings. The molecule has 0 radical (unpaired) electrons. The van der Waals surface area contributed by atoms with E-state index < -0.39 is 36.2 Å². The largest absolute Gasteiger partial charge is 0.497 e. The van der Waals surface area contributed by atoms with E-state index in [2.05, 4.69) is 0 Å². The highest BCUT2D eigenvalue weighted by atomic mass is 16.6. The first-order valence-electron chi connectivity index (χ1n) is 9.50. The summed E-state index contributed by atoms with van der Waals surface area (Å²) in [7, 11) is 1.57. The molecule has 0 spiro atoms. The number of aliphatic hydroxyl groups excluding tert-OH is 1. The number of rotatable bonds is 8. The second-order valence-electron chi connectivity index (χ2n) is 7.20. The number of hydrogen-bond acceptors (Lipinski definition) is 7. The average molecular weight is 400 g/mol. The number of Topliss-reactive ketones (excluding diaryl/α,β-unsaturated/α-hetero) is 1. The van der Waals surface area contributed by atoms with Gasteiger partial charge in [0.05, 0.1) is 13.2 Å². The normalized spacial score (nSPS) is 25.2. The molecule has 1 aliphatic carbocycles. The van der Waals surface area contributed by atoms with E-state index in [9.17, 15) is 19.5 Å². The molecule has 29 heavy (non-hydrogen) atoms. The minimum absolute atomic E-state index is 0.238. The second kappa shape index (κ2) is 9.05. The lowest BCUT2D eigenvalue weighted by Gasteiger charge is -2.24. The first-order valence-corrected chi connectivity index (χ1v) is 9.50. The molecule has 1 saturated carbocycles. The molecule has 7 heteroatoms. The van der Waals surface area contributed by atoms with Crippen LogP contribution in [-0.4, -0.2) is 48.3 Å². The zero-order chi connectivity index (χ0) is 21.0. The first kappa shape index (κ1) is 20.8. The van der Waals surface area contributed by atoms with Crippen molar-refractivity contribution in [3.63, 3.8) is 0 Å². The smallest absolute Gasteiger partial charge is 0.331 e. The van der Waals surface area contributed by atoms with Crippen LogP contribution in [0, 0.1) is 11.8 Å². The summed E-state index contributed by atoms with van der Waals surface area (Å²) >= 11 is 0. The number of cyclic esters (lactones) is 1. The number of methoxy groups -OCH3 is 1. The van der Waals surface area contributed by atoms with Crippen molar-refractivity contribution in [2.45, 2.75) is 38.1 Å². The van der Waals surface area contributed by atoms with Crippen LogP contribution in [0.2, 0.25) is 0 Å². The Labute approximate surface area is 168 Å². The molecule has 3 rings (SSSR count). The highest BCUT2D eigenvalue weighted by Gasteiger charge is 2.51. The highest BCUT2D eigenvalue weighted by Crippen LogP contribution is 2.44. The highest BCUT2D eigenvalue weighted by molar-refractivity contribution is 5.93. The number of benzene rings is 1. The van der Waals surface area contributed by atoms with Gasteiger partial charge in [0.25, 0.3) is 0 Å². The minimum atomic E-state index is -0.918. The number of hydrogen-bond donors (Lipinski definition) is 1. The summed E-state index contributed by atoms with van der Waals surface area (Å²) in [5.41, 5.74) is 0.795. The number of ketones is 1. The zero-order valence-electron chi connectivity index (χ0n) is 16.3. The first-order chi connectivity index (χ1) is 13.9. The Morgan fingerprint density at radius 1 is 1.28 bits per heavy atom. The second-order valence-corrected chi connectivity index (χ2v) is 7.20. The van der Waals surface area contributed by atoms with Crippen LogP contribution in [0.3, 0.4) is 0 Å². The number of esters is 2. The van der Waals surface area contributed by atoms with Crippen LogP contribution in [0.5, 0.6) is 5.75 Å². The summed E-state index contributed by atoms with van der Waals surface area (Å²) < 4.78 is 15.4. The van der Waals surface area contributed by atoms with E-state index in [1.807, 2.05) is 0 Å². The number of aliphatic hydroxyl groups is 1. The Bertz CT molecular complexity index is 824. The standard InChI is InChI=1S/C22H24O7/c1-13(28-20(24)11-8-14-6-9-15(27-2)10-7-14)21(25)16-12-17(16)22(26)18-4-3-5-19(23)29-18/h3,5-11,13,16-18,22,26H,4,12H2,1-2H3/b11-8+/t13?,16-,17-,18+,22-/m0/s1. The van der Waals surface area contributed by atoms with Crippen LogP contribution in [0.4, 0.5) is 0 Å². The Morgan fingerprint density at radius 3 is 2.66 bits per heavy atom. The molecular formula is C22H24O7. The predicted molar refractivity (Wildman–Crippen MR) is 104 cm³/mol. The van der Waals surface area contributed by atoms with Gasteiger partial charge >= 0.3 is 11.9 Å². The van der Waals surface area contributed by atoms with E-state index in [1.165, 1.54) is 19.1 Å². The van der Waals surface area contributed by atoms with Crippen molar-refractivity contribution in [1.82, 2.24) is 0 Å². The summed E-state index contributed by atoms with van der Waals surface area (Å²) in [6.45, 7) is 1.52. The van der Waals surface area contributed by atoms with Crippen LogP contribution < -0.4 is 4.74 Å². The summed E-state index contributed by atoms with van der Waals surface area (Å²) in [4.78, 5) is 35.8. The molecule has 0 saturated heterocycles. The molecule has 1 aliphatic heterocycles. The van der Waals surface area contributed by atoms with Gasteiger partial charge < -0.3 is 19.3 Å². The maximum Gasteiger partial charge on any atom is 0.331 e. The molecule has 1 aromatic carbocycles. The molecule has 1 N–H and O–H groups in total. The maximum atomic E-state index is 12.5. The van der Waals surface area contributed by atoms with Crippen LogP contribution in [-0.2, 0) is 23.9 Å². The summed E-state index contributed by atoms with van der Waals surface area (Å²) in [6.07, 6.45) is 4.27. The topological polar surface area (TPSA) is 99.1 Å². The summed E-state index contributed by atoms with van der Waals surface area (Å²) in [5.74, 6) is -1.33. The van der Waals surface area contributed by atoms with Gasteiger partial charge in [-0.15, -0.1) is 0 Å². The number of carbonyl (C=O) groups excluding carboxylic acids is 3. The number of carbonyl (C=O) groups is 3. The molecular weight excluding hydrogens is 376 g/mol. The SMILES string of the molecule is COc1ccc(/C=C/C(=O)OC(C)C(=O)[C@H]2C[C@@H]2[C@H](O)[C@H]2CC=CC(=O)O2)cc1. The predicted octanol–water partition coefficient (Wildman–Crippen LogP) is 2.08. The Morgan fingerprint density at radius 2 is 2.00 bits per heavy atom. The monoisotopic (exact) mass is 400 g/mol. The molecule has 154 valence electrons. The van der Waals surface area contributed by atoms with Crippen molar-refractivity contribution in [2.75, 3.05) is 7.11 Å². The molecule has 1 fully saturated rings. The van der Waals surface area contributed by atoms with Gasteiger partial charge in [-0.05, 0) is 43.0 Å². The van der Waals surface area contributed by atoms with E-state index in [0.29, 0.717) is 18.6 Å². The van der Waals surface area contributed by atoms with Gasteiger partial charge in [0.15, 0.2) is 11.9 Å². The van der Waals surface area contributed by atoms with Crippen molar-refractivity contribution >= 4 is 23.8 Å². The summed E-state index contributed by atoms with van der Waals surface area (Å²) in [5, 5.41) is 10.4. The third kappa shape index (κ3) is 5.32. The Hall–Kier alpha value is -2.93.